The van der Waals surface area contributed by atoms with E-state index in [1.165, 1.54) is 10.3 Å². The van der Waals surface area contributed by atoms with Gasteiger partial charge in [0, 0.05) is 5.56 Å². The van der Waals surface area contributed by atoms with Gasteiger partial charge in [0.05, 0.1) is 23.0 Å². The van der Waals surface area contributed by atoms with E-state index >= 15 is 0 Å². The molecule has 19 heavy (non-hydrogen) atoms. The van der Waals surface area contributed by atoms with E-state index in [1.54, 1.807) is 18.4 Å². The summed E-state index contributed by atoms with van der Waals surface area (Å²) < 4.78 is 6.37. The van der Waals surface area contributed by atoms with Crippen LogP contribution in [0.15, 0.2) is 36.4 Å². The third-order valence-corrected chi connectivity index (χ3v) is 4.17. The summed E-state index contributed by atoms with van der Waals surface area (Å²) in [7, 11) is 1.62. The number of methoxy groups -OCH3 is 1. The summed E-state index contributed by atoms with van der Waals surface area (Å²) in [6.45, 7) is 2.08. The Morgan fingerprint density at radius 3 is 2.74 bits per heavy atom. The summed E-state index contributed by atoms with van der Waals surface area (Å²) in [5, 5.41) is 0.985. The van der Waals surface area contributed by atoms with E-state index in [0.717, 1.165) is 16.1 Å². The number of benzene rings is 2. The lowest BCUT2D eigenvalue weighted by Crippen LogP contribution is -1.92. The Labute approximate surface area is 115 Å². The Hall–Kier alpha value is -2.07. The van der Waals surface area contributed by atoms with Crippen LogP contribution in [0.1, 0.15) is 5.56 Å². The van der Waals surface area contributed by atoms with Gasteiger partial charge in [-0.05, 0) is 36.8 Å². The van der Waals surface area contributed by atoms with Crippen LogP contribution in [-0.2, 0) is 0 Å². The Kier molecular flexibility index (Phi) is 2.87. The predicted molar refractivity (Wildman–Crippen MR) is 80.8 cm³/mol. The first-order chi connectivity index (χ1) is 9.19. The molecule has 0 fully saturated rings. The van der Waals surface area contributed by atoms with Crippen molar-refractivity contribution in [2.24, 2.45) is 0 Å². The molecule has 0 aliphatic heterocycles. The van der Waals surface area contributed by atoms with Gasteiger partial charge < -0.3 is 10.5 Å². The first-order valence-electron chi connectivity index (χ1n) is 5.99. The van der Waals surface area contributed by atoms with Crippen molar-refractivity contribution in [3.8, 4) is 16.3 Å². The van der Waals surface area contributed by atoms with Gasteiger partial charge in [0.1, 0.15) is 10.8 Å². The SMILES string of the molecule is COc1ccc(-c2nc3c(C)cccc3s2)cc1N. The summed E-state index contributed by atoms with van der Waals surface area (Å²) in [6, 6.07) is 12.0. The highest BCUT2D eigenvalue weighted by Crippen LogP contribution is 2.34. The number of hydrogen-bond acceptors (Lipinski definition) is 4. The maximum atomic E-state index is 5.95. The summed E-state index contributed by atoms with van der Waals surface area (Å²) in [5.41, 5.74) is 9.87. The van der Waals surface area contributed by atoms with Gasteiger partial charge in [-0.2, -0.15) is 0 Å². The maximum Gasteiger partial charge on any atom is 0.141 e. The van der Waals surface area contributed by atoms with Crippen LogP contribution < -0.4 is 10.5 Å². The molecule has 4 heteroatoms. The molecule has 0 amide bonds. The number of nitrogens with zero attached hydrogens (tertiary/aromatic N) is 1. The first kappa shape index (κ1) is 12.0. The minimum Gasteiger partial charge on any atom is -0.495 e. The van der Waals surface area contributed by atoms with Crippen LogP contribution in [0.5, 0.6) is 5.75 Å². The molecule has 0 radical (unpaired) electrons. The molecule has 0 atom stereocenters. The number of aryl methyl sites for hydroxylation is 1. The second-order valence-electron chi connectivity index (χ2n) is 4.40. The third-order valence-electron chi connectivity index (χ3n) is 3.10. The molecule has 96 valence electrons. The zero-order valence-electron chi connectivity index (χ0n) is 10.8. The highest BCUT2D eigenvalue weighted by molar-refractivity contribution is 7.21. The lowest BCUT2D eigenvalue weighted by molar-refractivity contribution is 0.417. The van der Waals surface area contributed by atoms with E-state index in [2.05, 4.69) is 25.1 Å². The minimum absolute atomic E-state index is 0.635. The number of aromatic nitrogens is 1. The van der Waals surface area contributed by atoms with Gasteiger partial charge in [0.15, 0.2) is 0 Å². The number of anilines is 1. The fourth-order valence-corrected chi connectivity index (χ4v) is 3.12. The van der Waals surface area contributed by atoms with E-state index in [4.69, 9.17) is 15.5 Å². The van der Waals surface area contributed by atoms with Gasteiger partial charge in [-0.15, -0.1) is 11.3 Å². The largest absolute Gasteiger partial charge is 0.495 e. The normalized spacial score (nSPS) is 10.8. The third kappa shape index (κ3) is 2.04. The predicted octanol–water partition coefficient (Wildman–Crippen LogP) is 3.86. The van der Waals surface area contributed by atoms with Crippen molar-refractivity contribution in [2.45, 2.75) is 6.92 Å². The average Bonchev–Trinajstić information content (AvgIpc) is 2.84. The summed E-state index contributed by atoms with van der Waals surface area (Å²) in [4.78, 5) is 4.70. The number of rotatable bonds is 2. The fraction of sp³-hybridized carbons (Fsp3) is 0.133. The van der Waals surface area contributed by atoms with E-state index in [9.17, 15) is 0 Å². The molecular formula is C15H14N2OS. The lowest BCUT2D eigenvalue weighted by atomic mass is 10.2. The Balaban J connectivity index is 2.14. The molecule has 2 aromatic carbocycles. The zero-order chi connectivity index (χ0) is 13.4. The van der Waals surface area contributed by atoms with E-state index in [-0.39, 0.29) is 0 Å². The molecule has 2 N–H and O–H groups in total. The summed E-state index contributed by atoms with van der Waals surface area (Å²) in [6.07, 6.45) is 0. The van der Waals surface area contributed by atoms with Crippen LogP contribution in [0.2, 0.25) is 0 Å². The number of nitrogen functional groups attached to an aromatic ring is 1. The van der Waals surface area contributed by atoms with Crippen molar-refractivity contribution in [1.29, 1.82) is 0 Å². The monoisotopic (exact) mass is 270 g/mol. The van der Waals surface area contributed by atoms with Crippen molar-refractivity contribution >= 4 is 27.2 Å². The molecule has 0 spiro atoms. The lowest BCUT2D eigenvalue weighted by Gasteiger charge is -2.05. The Morgan fingerprint density at radius 2 is 2.05 bits per heavy atom. The average molecular weight is 270 g/mol. The molecule has 3 aromatic rings. The molecule has 0 aliphatic carbocycles. The molecule has 3 nitrogen and oxygen atoms in total. The first-order valence-corrected chi connectivity index (χ1v) is 6.81. The van der Waals surface area contributed by atoms with Gasteiger partial charge in [-0.3, -0.25) is 0 Å². The van der Waals surface area contributed by atoms with Gasteiger partial charge in [-0.1, -0.05) is 12.1 Å². The Bertz CT molecular complexity index is 749. The molecule has 0 saturated carbocycles. The standard InChI is InChI=1S/C15H14N2OS/c1-9-4-3-5-13-14(9)17-15(19-13)10-6-7-12(18-2)11(16)8-10/h3-8H,16H2,1-2H3. The number of para-hydroxylation sites is 1. The van der Waals surface area contributed by atoms with Crippen LogP contribution in [0.4, 0.5) is 5.69 Å². The highest BCUT2D eigenvalue weighted by atomic mass is 32.1. The Morgan fingerprint density at radius 1 is 1.21 bits per heavy atom. The zero-order valence-corrected chi connectivity index (χ0v) is 11.6. The van der Waals surface area contributed by atoms with Crippen molar-refractivity contribution in [3.63, 3.8) is 0 Å². The smallest absolute Gasteiger partial charge is 0.141 e. The van der Waals surface area contributed by atoms with Gasteiger partial charge >= 0.3 is 0 Å². The molecule has 0 aliphatic rings. The number of fused-ring (bicyclic) bond motifs is 1. The molecule has 0 saturated heterocycles. The fourth-order valence-electron chi connectivity index (χ4n) is 2.08. The van der Waals surface area contributed by atoms with Crippen LogP contribution in [-0.4, -0.2) is 12.1 Å². The van der Waals surface area contributed by atoms with E-state index < -0.39 is 0 Å². The minimum atomic E-state index is 0.635. The maximum absolute atomic E-state index is 5.95. The molecule has 1 aromatic heterocycles. The summed E-state index contributed by atoms with van der Waals surface area (Å²) >= 11 is 1.68. The number of nitrogens with two attached hydrogens (primary N) is 1. The topological polar surface area (TPSA) is 48.1 Å². The number of hydrogen-bond donors (Lipinski definition) is 1. The van der Waals surface area contributed by atoms with Crippen molar-refractivity contribution in [3.05, 3.63) is 42.0 Å². The van der Waals surface area contributed by atoms with Crippen molar-refractivity contribution in [2.75, 3.05) is 12.8 Å². The molecule has 0 bridgehead atoms. The molecule has 3 rings (SSSR count). The van der Waals surface area contributed by atoms with Crippen LogP contribution in [0, 0.1) is 6.92 Å². The van der Waals surface area contributed by atoms with E-state index in [0.29, 0.717) is 11.4 Å². The summed E-state index contributed by atoms with van der Waals surface area (Å²) in [5.74, 6) is 0.695. The van der Waals surface area contributed by atoms with Gasteiger partial charge in [0.2, 0.25) is 0 Å². The van der Waals surface area contributed by atoms with E-state index in [1.807, 2.05) is 18.2 Å². The molecule has 1 heterocycles. The quantitative estimate of drug-likeness (QED) is 0.719. The molecular weight excluding hydrogens is 256 g/mol. The second kappa shape index (κ2) is 4.55. The van der Waals surface area contributed by atoms with Crippen molar-refractivity contribution < 1.29 is 4.74 Å². The second-order valence-corrected chi connectivity index (χ2v) is 5.43. The van der Waals surface area contributed by atoms with Crippen LogP contribution in [0.25, 0.3) is 20.8 Å². The number of ether oxygens (including phenoxy) is 1. The van der Waals surface area contributed by atoms with Crippen molar-refractivity contribution in [1.82, 2.24) is 4.98 Å². The van der Waals surface area contributed by atoms with Crippen LogP contribution >= 0.6 is 11.3 Å². The highest BCUT2D eigenvalue weighted by Gasteiger charge is 2.09. The van der Waals surface area contributed by atoms with Gasteiger partial charge in [-0.25, -0.2) is 4.98 Å². The number of thiazole rings is 1. The van der Waals surface area contributed by atoms with Crippen LogP contribution in [0.3, 0.4) is 0 Å². The van der Waals surface area contributed by atoms with Gasteiger partial charge in [0.25, 0.3) is 0 Å². The molecule has 0 unspecified atom stereocenters.